The molecule has 0 spiro atoms. The molecule has 0 heterocycles. The summed E-state index contributed by atoms with van der Waals surface area (Å²) in [4.78, 5) is 0.528. The van der Waals surface area contributed by atoms with Crippen LogP contribution in [0.5, 0.6) is 0 Å². The van der Waals surface area contributed by atoms with Gasteiger partial charge in [-0.1, -0.05) is 108 Å². The molecule has 1 atom stereocenters. The Kier molecular flexibility index (Phi) is 5.77. The van der Waals surface area contributed by atoms with Crippen LogP contribution in [0, 0.1) is 0 Å². The molecular weight excluding hydrogens is 548 g/mol. The third-order valence-electron chi connectivity index (χ3n) is 4.39. The summed E-state index contributed by atoms with van der Waals surface area (Å²) >= 11 is 15.4. The van der Waals surface area contributed by atoms with Gasteiger partial charge in [-0.05, 0) is 52.8 Å². The van der Waals surface area contributed by atoms with Crippen molar-refractivity contribution in [3.63, 3.8) is 0 Å². The van der Waals surface area contributed by atoms with Crippen LogP contribution in [0.1, 0.15) is 42.9 Å². The predicted octanol–water partition coefficient (Wildman–Crippen LogP) is 7.92. The summed E-state index contributed by atoms with van der Waals surface area (Å²) in [6.45, 7) is 2.25. The quantitative estimate of drug-likeness (QED) is 0.323. The highest BCUT2D eigenvalue weighted by Gasteiger charge is 2.40. The molecule has 2 aromatic carbocycles. The van der Waals surface area contributed by atoms with E-state index in [1.165, 1.54) is 47.1 Å². The van der Waals surface area contributed by atoms with Gasteiger partial charge in [-0.2, -0.15) is 0 Å². The Balaban J connectivity index is 2.03. The first kappa shape index (κ1) is 18.2. The molecule has 0 saturated carbocycles. The average molecular weight is 566 g/mol. The molecule has 0 saturated heterocycles. The predicted molar refractivity (Wildman–Crippen MR) is 114 cm³/mol. The molecule has 122 valence electrons. The molecule has 0 nitrogen and oxygen atoms in total. The molecule has 0 aliphatic heterocycles. The largest absolute Gasteiger partial charge is 0.132 e. The van der Waals surface area contributed by atoms with Crippen molar-refractivity contribution in [1.29, 1.82) is 0 Å². The van der Waals surface area contributed by atoms with Gasteiger partial charge in [0, 0.05) is 9.30 Å². The van der Waals surface area contributed by atoms with Gasteiger partial charge in [0.05, 0.1) is 0 Å². The molecule has 1 unspecified atom stereocenters. The number of rotatable bonds is 5. The molecule has 4 heteroatoms. The SMILES string of the molecule is CCCCC(Br)Cc1cccc2c1C(Br)(Br)c1cc(Br)ccc1-2. The number of unbranched alkanes of at least 4 members (excludes halogenated alkanes) is 1. The van der Waals surface area contributed by atoms with Crippen molar-refractivity contribution in [1.82, 2.24) is 0 Å². The summed E-state index contributed by atoms with van der Waals surface area (Å²) in [5, 5.41) is 0. The molecule has 0 N–H and O–H groups in total. The van der Waals surface area contributed by atoms with Gasteiger partial charge in [0.15, 0.2) is 0 Å². The fraction of sp³-hybridized carbons (Fsp3) is 0.368. The minimum absolute atomic E-state index is 0.303. The van der Waals surface area contributed by atoms with Crippen LogP contribution in [0.4, 0.5) is 0 Å². The lowest BCUT2D eigenvalue weighted by atomic mass is 9.97. The number of benzene rings is 2. The molecule has 0 amide bonds. The number of halogens is 4. The van der Waals surface area contributed by atoms with Crippen molar-refractivity contribution in [2.24, 2.45) is 0 Å². The second-order valence-corrected chi connectivity index (χ2v) is 11.7. The van der Waals surface area contributed by atoms with Crippen LogP contribution in [0.2, 0.25) is 0 Å². The summed E-state index contributed by atoms with van der Waals surface area (Å²) in [6, 6.07) is 13.2. The molecule has 3 rings (SSSR count). The highest BCUT2D eigenvalue weighted by atomic mass is 79.9. The summed E-state index contributed by atoms with van der Waals surface area (Å²) < 4.78 is 0.804. The lowest BCUT2D eigenvalue weighted by Crippen LogP contribution is -2.12. The Labute approximate surface area is 172 Å². The lowest BCUT2D eigenvalue weighted by Gasteiger charge is -2.21. The van der Waals surface area contributed by atoms with Crippen molar-refractivity contribution in [3.8, 4) is 11.1 Å². The Morgan fingerprint density at radius 1 is 1.09 bits per heavy atom. The van der Waals surface area contributed by atoms with Crippen LogP contribution in [0.25, 0.3) is 11.1 Å². The summed E-state index contributed by atoms with van der Waals surface area (Å²) in [5.41, 5.74) is 6.66. The fourth-order valence-corrected chi connectivity index (χ4v) is 5.90. The summed E-state index contributed by atoms with van der Waals surface area (Å²) in [6.07, 6.45) is 4.79. The molecule has 0 radical (unpaired) electrons. The van der Waals surface area contributed by atoms with Gasteiger partial charge in [-0.15, -0.1) is 0 Å². The van der Waals surface area contributed by atoms with Gasteiger partial charge < -0.3 is 0 Å². The zero-order chi connectivity index (χ0) is 16.6. The number of hydrogen-bond donors (Lipinski definition) is 0. The molecule has 1 aliphatic carbocycles. The van der Waals surface area contributed by atoms with E-state index in [9.17, 15) is 0 Å². The maximum absolute atomic E-state index is 3.95. The molecule has 2 aromatic rings. The maximum atomic E-state index is 3.95. The highest BCUT2D eigenvalue weighted by molar-refractivity contribution is 9.25. The third kappa shape index (κ3) is 3.51. The van der Waals surface area contributed by atoms with E-state index in [0.29, 0.717) is 4.83 Å². The van der Waals surface area contributed by atoms with E-state index in [4.69, 9.17) is 0 Å². The van der Waals surface area contributed by atoms with Gasteiger partial charge in [0.1, 0.15) is 3.23 Å². The van der Waals surface area contributed by atoms with Gasteiger partial charge in [-0.25, -0.2) is 0 Å². The first-order chi connectivity index (χ1) is 10.9. The zero-order valence-corrected chi connectivity index (χ0v) is 19.2. The molecule has 0 fully saturated rings. The van der Waals surface area contributed by atoms with Gasteiger partial charge in [0.2, 0.25) is 0 Å². The van der Waals surface area contributed by atoms with Crippen LogP contribution >= 0.6 is 63.7 Å². The van der Waals surface area contributed by atoms with E-state index >= 15 is 0 Å². The van der Waals surface area contributed by atoms with E-state index in [0.717, 1.165) is 10.9 Å². The maximum Gasteiger partial charge on any atom is 0.132 e. The number of hydrogen-bond acceptors (Lipinski definition) is 0. The minimum Gasteiger partial charge on any atom is -0.0887 e. The van der Waals surface area contributed by atoms with E-state index in [-0.39, 0.29) is 3.23 Å². The van der Waals surface area contributed by atoms with Crippen LogP contribution in [0.15, 0.2) is 40.9 Å². The first-order valence-corrected chi connectivity index (χ1v) is 11.2. The Bertz CT molecular complexity index is 721. The van der Waals surface area contributed by atoms with Gasteiger partial charge >= 0.3 is 0 Å². The van der Waals surface area contributed by atoms with Crippen molar-refractivity contribution in [2.45, 2.75) is 40.7 Å². The second-order valence-electron chi connectivity index (χ2n) is 6.05. The van der Waals surface area contributed by atoms with Crippen molar-refractivity contribution in [3.05, 3.63) is 57.6 Å². The van der Waals surface area contributed by atoms with E-state index < -0.39 is 0 Å². The first-order valence-electron chi connectivity index (χ1n) is 7.89. The number of fused-ring (bicyclic) bond motifs is 3. The summed E-state index contributed by atoms with van der Waals surface area (Å²) in [5.74, 6) is 0. The molecule has 1 aliphatic rings. The third-order valence-corrected chi connectivity index (χ3v) is 7.31. The van der Waals surface area contributed by atoms with Crippen LogP contribution in [-0.4, -0.2) is 4.83 Å². The van der Waals surface area contributed by atoms with Gasteiger partial charge in [-0.3, -0.25) is 0 Å². The van der Waals surface area contributed by atoms with Crippen LogP contribution < -0.4 is 0 Å². The topological polar surface area (TPSA) is 0 Å². The van der Waals surface area contributed by atoms with Crippen molar-refractivity contribution < 1.29 is 0 Å². The molecular formula is C19H18Br4. The molecule has 23 heavy (non-hydrogen) atoms. The monoisotopic (exact) mass is 562 g/mol. The van der Waals surface area contributed by atoms with E-state index in [1.54, 1.807) is 0 Å². The van der Waals surface area contributed by atoms with Crippen LogP contribution in [-0.2, 0) is 9.65 Å². The average Bonchev–Trinajstić information content (AvgIpc) is 2.74. The normalized spacial score (nSPS) is 16.0. The molecule has 0 bridgehead atoms. The van der Waals surface area contributed by atoms with E-state index in [2.05, 4.69) is 107 Å². The van der Waals surface area contributed by atoms with Crippen molar-refractivity contribution >= 4 is 63.7 Å². The van der Waals surface area contributed by atoms with Crippen LogP contribution in [0.3, 0.4) is 0 Å². The Morgan fingerprint density at radius 3 is 2.61 bits per heavy atom. The number of alkyl halides is 3. The lowest BCUT2D eigenvalue weighted by molar-refractivity contribution is 0.686. The highest BCUT2D eigenvalue weighted by Crippen LogP contribution is 2.58. The molecule has 0 aromatic heterocycles. The van der Waals surface area contributed by atoms with Gasteiger partial charge in [0.25, 0.3) is 0 Å². The second kappa shape index (κ2) is 7.31. The summed E-state index contributed by atoms with van der Waals surface area (Å²) in [7, 11) is 0. The standard InChI is InChI=1S/C19H18Br4/c1-2-3-6-13(20)10-12-5-4-7-16-15-9-8-14(21)11-17(15)19(22,23)18(12)16/h4-5,7-9,11,13H,2-3,6,10H2,1H3. The smallest absolute Gasteiger partial charge is 0.0887 e. The fourth-order valence-electron chi connectivity index (χ4n) is 3.28. The van der Waals surface area contributed by atoms with E-state index in [1.807, 2.05) is 0 Å². The van der Waals surface area contributed by atoms with Crippen molar-refractivity contribution in [2.75, 3.05) is 0 Å². The Hall–Kier alpha value is 0.360. The minimum atomic E-state index is -0.303. The Morgan fingerprint density at radius 2 is 1.87 bits per heavy atom. The zero-order valence-electron chi connectivity index (χ0n) is 12.9.